The van der Waals surface area contributed by atoms with Crippen molar-refractivity contribution >= 4 is 11.8 Å². The van der Waals surface area contributed by atoms with Gasteiger partial charge in [-0.1, -0.05) is 19.1 Å². The fourth-order valence-electron chi connectivity index (χ4n) is 3.64. The first-order valence-electron chi connectivity index (χ1n) is 10.1. The highest BCUT2D eigenvalue weighted by Crippen LogP contribution is 2.25. The molecule has 2 amide bonds. The minimum atomic E-state index is -0.0228. The van der Waals surface area contributed by atoms with Gasteiger partial charge in [-0.05, 0) is 44.2 Å². The molecule has 2 saturated heterocycles. The molecular weight excluding hydrogens is 344 g/mol. The number of hydrogen-bond donors (Lipinski definition) is 1. The van der Waals surface area contributed by atoms with E-state index in [2.05, 4.69) is 5.32 Å². The molecule has 1 unspecified atom stereocenters. The van der Waals surface area contributed by atoms with Crippen molar-refractivity contribution in [3.63, 3.8) is 0 Å². The van der Waals surface area contributed by atoms with Crippen LogP contribution in [0.2, 0.25) is 0 Å². The van der Waals surface area contributed by atoms with E-state index in [9.17, 15) is 9.59 Å². The third kappa shape index (κ3) is 5.22. The first-order chi connectivity index (χ1) is 13.2. The quantitative estimate of drug-likeness (QED) is 0.797. The molecule has 0 spiro atoms. The highest BCUT2D eigenvalue weighted by molar-refractivity contribution is 5.97. The van der Waals surface area contributed by atoms with E-state index in [4.69, 9.17) is 9.47 Å². The summed E-state index contributed by atoms with van der Waals surface area (Å²) in [5.74, 6) is 0.710. The summed E-state index contributed by atoms with van der Waals surface area (Å²) in [6, 6.07) is 7.39. The number of nitrogens with one attached hydrogen (secondary N) is 1. The molecule has 6 nitrogen and oxygen atoms in total. The van der Waals surface area contributed by atoms with Crippen LogP contribution in [0.3, 0.4) is 0 Å². The number of carbonyl (C=O) groups is 2. The van der Waals surface area contributed by atoms with Crippen LogP contribution >= 0.6 is 0 Å². The molecule has 0 aromatic heterocycles. The Balaban J connectivity index is 1.55. The topological polar surface area (TPSA) is 67.9 Å². The van der Waals surface area contributed by atoms with Crippen molar-refractivity contribution in [2.45, 2.75) is 45.1 Å². The monoisotopic (exact) mass is 374 g/mol. The van der Waals surface area contributed by atoms with Gasteiger partial charge < -0.3 is 19.7 Å². The molecule has 2 aliphatic rings. The van der Waals surface area contributed by atoms with Crippen molar-refractivity contribution in [2.24, 2.45) is 5.92 Å². The summed E-state index contributed by atoms with van der Waals surface area (Å²) < 4.78 is 11.5. The largest absolute Gasteiger partial charge is 0.490 e. The minimum absolute atomic E-state index is 0.00612. The van der Waals surface area contributed by atoms with E-state index < -0.39 is 0 Å². The lowest BCUT2D eigenvalue weighted by molar-refractivity contribution is -0.126. The van der Waals surface area contributed by atoms with Crippen molar-refractivity contribution in [2.75, 3.05) is 32.8 Å². The summed E-state index contributed by atoms with van der Waals surface area (Å²) >= 11 is 0. The van der Waals surface area contributed by atoms with E-state index in [-0.39, 0.29) is 23.8 Å². The maximum absolute atomic E-state index is 13.0. The second-order valence-corrected chi connectivity index (χ2v) is 7.30. The van der Waals surface area contributed by atoms with Crippen LogP contribution in [0.5, 0.6) is 5.75 Å². The van der Waals surface area contributed by atoms with Crippen molar-refractivity contribution < 1.29 is 19.1 Å². The molecule has 27 heavy (non-hydrogen) atoms. The molecule has 0 bridgehead atoms. The van der Waals surface area contributed by atoms with Gasteiger partial charge in [0.15, 0.2) is 0 Å². The molecule has 3 rings (SSSR count). The first-order valence-corrected chi connectivity index (χ1v) is 10.1. The highest BCUT2D eigenvalue weighted by atomic mass is 16.5. The normalized spacial score (nSPS) is 20.5. The molecule has 148 valence electrons. The average Bonchev–Trinajstić information content (AvgIpc) is 3.24. The predicted octanol–water partition coefficient (Wildman–Crippen LogP) is 2.62. The number of hydrogen-bond acceptors (Lipinski definition) is 4. The van der Waals surface area contributed by atoms with Gasteiger partial charge in [0.25, 0.3) is 5.91 Å². The van der Waals surface area contributed by atoms with Gasteiger partial charge in [-0.15, -0.1) is 0 Å². The van der Waals surface area contributed by atoms with E-state index in [0.29, 0.717) is 50.4 Å². The van der Waals surface area contributed by atoms with Gasteiger partial charge in [-0.25, -0.2) is 0 Å². The molecule has 1 aromatic carbocycles. The number of benzene rings is 1. The Morgan fingerprint density at radius 2 is 2.00 bits per heavy atom. The van der Waals surface area contributed by atoms with Crippen molar-refractivity contribution in [1.29, 1.82) is 0 Å². The molecule has 2 heterocycles. The van der Waals surface area contributed by atoms with E-state index in [0.717, 1.165) is 25.9 Å². The number of carbonyl (C=O) groups excluding carboxylic acids is 2. The van der Waals surface area contributed by atoms with E-state index >= 15 is 0 Å². The lowest BCUT2D eigenvalue weighted by Gasteiger charge is -2.31. The average molecular weight is 374 g/mol. The zero-order chi connectivity index (χ0) is 19.1. The van der Waals surface area contributed by atoms with Crippen LogP contribution in [0.25, 0.3) is 0 Å². The fourth-order valence-corrected chi connectivity index (χ4v) is 3.64. The van der Waals surface area contributed by atoms with Crippen LogP contribution in [0, 0.1) is 5.92 Å². The first kappa shape index (κ1) is 19.7. The van der Waals surface area contributed by atoms with Crippen LogP contribution in [0.15, 0.2) is 24.3 Å². The summed E-state index contributed by atoms with van der Waals surface area (Å²) in [4.78, 5) is 26.9. The van der Waals surface area contributed by atoms with E-state index in [1.807, 2.05) is 36.1 Å². The smallest absolute Gasteiger partial charge is 0.257 e. The Morgan fingerprint density at radius 3 is 2.70 bits per heavy atom. The predicted molar refractivity (Wildman–Crippen MR) is 103 cm³/mol. The van der Waals surface area contributed by atoms with Gasteiger partial charge >= 0.3 is 0 Å². The molecule has 2 fully saturated rings. The number of nitrogens with zero attached hydrogens (tertiary/aromatic N) is 1. The fraction of sp³-hybridized carbons (Fsp3) is 0.619. The number of likely N-dealkylation sites (tertiary alicyclic amines) is 1. The standard InChI is InChI=1S/C21H30N2O4/c1-2-11-22-20(24)16-9-12-23(13-10-16)21(25)18-7-3-4-8-19(18)27-15-17-6-5-14-26-17/h3-4,7-8,16-17H,2,5-6,9-15H2,1H3,(H,22,24). The van der Waals surface area contributed by atoms with Crippen molar-refractivity contribution in [3.8, 4) is 5.75 Å². The van der Waals surface area contributed by atoms with Gasteiger partial charge in [0, 0.05) is 32.2 Å². The van der Waals surface area contributed by atoms with Crippen LogP contribution < -0.4 is 10.1 Å². The molecule has 2 aliphatic heterocycles. The molecule has 1 atom stereocenters. The maximum atomic E-state index is 13.0. The van der Waals surface area contributed by atoms with Gasteiger partial charge in [-0.3, -0.25) is 9.59 Å². The van der Waals surface area contributed by atoms with E-state index in [1.54, 1.807) is 0 Å². The van der Waals surface area contributed by atoms with Crippen molar-refractivity contribution in [1.82, 2.24) is 10.2 Å². The van der Waals surface area contributed by atoms with Crippen LogP contribution in [0.4, 0.5) is 0 Å². The van der Waals surface area contributed by atoms with Crippen LogP contribution in [-0.4, -0.2) is 55.7 Å². The summed E-state index contributed by atoms with van der Waals surface area (Å²) in [5.41, 5.74) is 0.587. The van der Waals surface area contributed by atoms with E-state index in [1.165, 1.54) is 0 Å². The third-order valence-electron chi connectivity index (χ3n) is 5.27. The number of ether oxygens (including phenoxy) is 2. The molecule has 0 saturated carbocycles. The number of para-hydroxylation sites is 1. The Morgan fingerprint density at radius 1 is 1.22 bits per heavy atom. The molecule has 0 radical (unpaired) electrons. The molecule has 0 aliphatic carbocycles. The zero-order valence-electron chi connectivity index (χ0n) is 16.1. The van der Waals surface area contributed by atoms with Gasteiger partial charge in [0.1, 0.15) is 12.4 Å². The third-order valence-corrected chi connectivity index (χ3v) is 5.27. The van der Waals surface area contributed by atoms with Gasteiger partial charge in [0.2, 0.25) is 5.91 Å². The lowest BCUT2D eigenvalue weighted by Crippen LogP contribution is -2.43. The maximum Gasteiger partial charge on any atom is 0.257 e. The summed E-state index contributed by atoms with van der Waals surface area (Å²) in [5, 5.41) is 2.96. The van der Waals surface area contributed by atoms with Gasteiger partial charge in [0.05, 0.1) is 11.7 Å². The zero-order valence-corrected chi connectivity index (χ0v) is 16.1. The summed E-state index contributed by atoms with van der Waals surface area (Å²) in [6.07, 6.45) is 4.54. The molecular formula is C21H30N2O4. The second kappa shape index (κ2) is 9.74. The Bertz CT molecular complexity index is 635. The molecule has 1 N–H and O–H groups in total. The number of rotatable bonds is 7. The Kier molecular flexibility index (Phi) is 7.10. The molecule has 6 heteroatoms. The minimum Gasteiger partial charge on any atom is -0.490 e. The Hall–Kier alpha value is -2.08. The highest BCUT2D eigenvalue weighted by Gasteiger charge is 2.29. The second-order valence-electron chi connectivity index (χ2n) is 7.30. The summed E-state index contributed by atoms with van der Waals surface area (Å²) in [7, 11) is 0. The SMILES string of the molecule is CCCNC(=O)C1CCN(C(=O)c2ccccc2OCC2CCCO2)CC1. The molecule has 1 aromatic rings. The number of amides is 2. The lowest BCUT2D eigenvalue weighted by atomic mass is 9.95. The van der Waals surface area contributed by atoms with Gasteiger partial charge in [-0.2, -0.15) is 0 Å². The number of piperidine rings is 1. The summed E-state index contributed by atoms with van der Waals surface area (Å²) in [6.45, 7) is 5.22. The van der Waals surface area contributed by atoms with Crippen molar-refractivity contribution in [3.05, 3.63) is 29.8 Å². The van der Waals surface area contributed by atoms with Crippen LogP contribution in [-0.2, 0) is 9.53 Å². The Labute approximate surface area is 161 Å². The van der Waals surface area contributed by atoms with Crippen LogP contribution in [0.1, 0.15) is 49.4 Å².